The summed E-state index contributed by atoms with van der Waals surface area (Å²) in [6.07, 6.45) is 2.78. The molecule has 0 atom stereocenters. The van der Waals surface area contributed by atoms with Crippen LogP contribution in [0.25, 0.3) is 17.2 Å². The Hall–Kier alpha value is -2.98. The molecule has 0 spiro atoms. The summed E-state index contributed by atoms with van der Waals surface area (Å²) in [5, 5.41) is 2.70. The van der Waals surface area contributed by atoms with Crippen molar-refractivity contribution in [2.24, 2.45) is 0 Å². The molecular formula is C21H20F3N3O3S. The van der Waals surface area contributed by atoms with Gasteiger partial charge in [-0.2, -0.15) is 13.2 Å². The Morgan fingerprint density at radius 1 is 1.19 bits per heavy atom. The minimum atomic E-state index is -4.34. The van der Waals surface area contributed by atoms with E-state index < -0.39 is 17.2 Å². The number of fused-ring (bicyclic) bond motifs is 1. The van der Waals surface area contributed by atoms with Crippen LogP contribution in [0.15, 0.2) is 62.6 Å². The smallest absolute Gasteiger partial charge is 0.408 e. The van der Waals surface area contributed by atoms with E-state index in [4.69, 9.17) is 4.42 Å². The summed E-state index contributed by atoms with van der Waals surface area (Å²) < 4.78 is 43.9. The lowest BCUT2D eigenvalue weighted by atomic mass is 10.2. The van der Waals surface area contributed by atoms with Gasteiger partial charge in [0.05, 0.1) is 5.52 Å². The quantitative estimate of drug-likeness (QED) is 0.426. The van der Waals surface area contributed by atoms with Gasteiger partial charge in [-0.1, -0.05) is 12.1 Å². The first-order valence-electron chi connectivity index (χ1n) is 9.24. The molecule has 2 aromatic carbocycles. The van der Waals surface area contributed by atoms with E-state index in [0.717, 1.165) is 0 Å². The van der Waals surface area contributed by atoms with E-state index in [1.807, 2.05) is 19.0 Å². The van der Waals surface area contributed by atoms with Gasteiger partial charge in [-0.05, 0) is 67.8 Å². The molecule has 1 aromatic heterocycles. The second-order valence-corrected chi connectivity index (χ2v) is 8.08. The third-order valence-electron chi connectivity index (χ3n) is 4.25. The van der Waals surface area contributed by atoms with Crippen LogP contribution < -0.4 is 11.1 Å². The van der Waals surface area contributed by atoms with E-state index in [1.165, 1.54) is 41.0 Å². The van der Waals surface area contributed by atoms with Crippen LogP contribution in [-0.4, -0.2) is 41.5 Å². The van der Waals surface area contributed by atoms with E-state index in [2.05, 4.69) is 5.32 Å². The van der Waals surface area contributed by atoms with Crippen molar-refractivity contribution in [3.63, 3.8) is 0 Å². The number of carbonyl (C=O) groups is 1. The number of aromatic nitrogens is 1. The highest BCUT2D eigenvalue weighted by molar-refractivity contribution is 8.00. The fourth-order valence-electron chi connectivity index (χ4n) is 2.79. The number of halogens is 3. The lowest BCUT2D eigenvalue weighted by Crippen LogP contribution is -2.23. The van der Waals surface area contributed by atoms with Crippen molar-refractivity contribution in [3.8, 4) is 0 Å². The molecule has 1 amide bonds. The number of benzene rings is 2. The van der Waals surface area contributed by atoms with Crippen molar-refractivity contribution in [1.29, 1.82) is 0 Å². The van der Waals surface area contributed by atoms with Crippen molar-refractivity contribution in [2.75, 3.05) is 26.0 Å². The zero-order valence-corrected chi connectivity index (χ0v) is 17.6. The number of hydrogen-bond acceptors (Lipinski definition) is 5. The number of anilines is 1. The Kier molecular flexibility index (Phi) is 6.91. The fraction of sp³-hybridized carbons (Fsp3) is 0.238. The minimum absolute atomic E-state index is 0.0721. The molecule has 0 unspecified atom stereocenters. The highest BCUT2D eigenvalue weighted by Gasteiger charge is 2.28. The number of nitrogens with one attached hydrogen (secondary N) is 1. The number of carbonyl (C=O) groups excluding carboxylic acids is 1. The highest BCUT2D eigenvalue weighted by Crippen LogP contribution is 2.36. The van der Waals surface area contributed by atoms with Gasteiger partial charge in [0.15, 0.2) is 5.58 Å². The number of alkyl halides is 3. The van der Waals surface area contributed by atoms with Crippen LogP contribution in [0, 0.1) is 0 Å². The average molecular weight is 451 g/mol. The van der Waals surface area contributed by atoms with Gasteiger partial charge in [0, 0.05) is 29.7 Å². The Labute approximate surface area is 180 Å². The zero-order valence-electron chi connectivity index (χ0n) is 16.8. The highest BCUT2D eigenvalue weighted by atomic mass is 32.2. The number of nitrogens with zero attached hydrogens (tertiary/aromatic N) is 2. The van der Waals surface area contributed by atoms with Crippen LogP contribution in [0.2, 0.25) is 0 Å². The van der Waals surface area contributed by atoms with E-state index >= 15 is 0 Å². The van der Waals surface area contributed by atoms with Crippen LogP contribution in [0.3, 0.4) is 0 Å². The van der Waals surface area contributed by atoms with Gasteiger partial charge in [0.25, 0.3) is 0 Å². The van der Waals surface area contributed by atoms with E-state index in [0.29, 0.717) is 35.4 Å². The molecule has 0 fully saturated rings. The summed E-state index contributed by atoms with van der Waals surface area (Å²) in [6.45, 7) is 1.09. The number of amides is 1. The second kappa shape index (κ2) is 9.44. The van der Waals surface area contributed by atoms with Gasteiger partial charge in [0.2, 0.25) is 5.91 Å². The van der Waals surface area contributed by atoms with Crippen LogP contribution >= 0.6 is 11.8 Å². The summed E-state index contributed by atoms with van der Waals surface area (Å²) in [7, 11) is 3.79. The monoisotopic (exact) mass is 451 g/mol. The summed E-state index contributed by atoms with van der Waals surface area (Å²) >= 11 is -0.194. The largest absolute Gasteiger partial charge is 0.446 e. The van der Waals surface area contributed by atoms with Crippen molar-refractivity contribution in [2.45, 2.75) is 16.9 Å². The third-order valence-corrected chi connectivity index (χ3v) is 4.99. The number of likely N-dealkylation sites (N-methyl/N-ethyl adjacent to an activating group) is 1. The SMILES string of the molecule is CN(C)CCn1c(=O)oc2ccc(NC(=O)/C=C/c3ccc(SC(F)(F)F)cc3)cc21. The topological polar surface area (TPSA) is 67.5 Å². The first-order valence-corrected chi connectivity index (χ1v) is 10.1. The molecule has 0 radical (unpaired) electrons. The van der Waals surface area contributed by atoms with Crippen LogP contribution in [0.5, 0.6) is 0 Å². The summed E-state index contributed by atoms with van der Waals surface area (Å²) in [5.41, 5.74) is -2.27. The summed E-state index contributed by atoms with van der Waals surface area (Å²) in [6, 6.07) is 10.6. The number of rotatable bonds is 7. The molecule has 0 bridgehead atoms. The predicted octanol–water partition coefficient (Wildman–Crippen LogP) is 4.42. The molecule has 6 nitrogen and oxygen atoms in total. The minimum Gasteiger partial charge on any atom is -0.408 e. The van der Waals surface area contributed by atoms with Crippen molar-refractivity contribution < 1.29 is 22.4 Å². The summed E-state index contributed by atoms with van der Waals surface area (Å²) in [5.74, 6) is -0.883. The van der Waals surface area contributed by atoms with Crippen LogP contribution in [0.1, 0.15) is 5.56 Å². The molecule has 164 valence electrons. The molecule has 1 heterocycles. The normalized spacial score (nSPS) is 12.2. The van der Waals surface area contributed by atoms with Crippen molar-refractivity contribution in [1.82, 2.24) is 9.47 Å². The molecule has 10 heteroatoms. The lowest BCUT2D eigenvalue weighted by Gasteiger charge is -2.09. The fourth-order valence-corrected chi connectivity index (χ4v) is 3.33. The average Bonchev–Trinajstić information content (AvgIpc) is 2.99. The maximum atomic E-state index is 12.4. The van der Waals surface area contributed by atoms with Gasteiger partial charge >= 0.3 is 11.3 Å². The molecule has 0 saturated carbocycles. The van der Waals surface area contributed by atoms with E-state index in [9.17, 15) is 22.8 Å². The first kappa shape index (κ1) is 22.7. The zero-order chi connectivity index (χ0) is 22.6. The van der Waals surface area contributed by atoms with Crippen molar-refractivity contribution >= 4 is 40.5 Å². The van der Waals surface area contributed by atoms with Crippen LogP contribution in [-0.2, 0) is 11.3 Å². The Bertz CT molecular complexity index is 1150. The maximum absolute atomic E-state index is 12.4. The molecule has 3 rings (SSSR count). The second-order valence-electron chi connectivity index (χ2n) is 6.94. The third kappa shape index (κ3) is 6.50. The molecule has 0 aliphatic carbocycles. The molecule has 31 heavy (non-hydrogen) atoms. The molecule has 1 N–H and O–H groups in total. The van der Waals surface area contributed by atoms with Crippen LogP contribution in [0.4, 0.5) is 18.9 Å². The molecular weight excluding hydrogens is 431 g/mol. The molecule has 0 saturated heterocycles. The van der Waals surface area contributed by atoms with Gasteiger partial charge < -0.3 is 14.6 Å². The Morgan fingerprint density at radius 2 is 1.90 bits per heavy atom. The number of hydrogen-bond donors (Lipinski definition) is 1. The van der Waals surface area contributed by atoms with E-state index in [-0.39, 0.29) is 16.7 Å². The molecule has 0 aliphatic rings. The van der Waals surface area contributed by atoms with Gasteiger partial charge in [-0.15, -0.1) is 0 Å². The standard InChI is InChI=1S/C21H20F3N3O3S/c1-26(2)11-12-27-17-13-15(6-9-18(17)30-20(27)29)25-19(28)10-5-14-3-7-16(8-4-14)31-21(22,23)24/h3-10,13H,11-12H2,1-2H3,(H,25,28)/b10-5+. The Morgan fingerprint density at radius 3 is 2.55 bits per heavy atom. The summed E-state index contributed by atoms with van der Waals surface area (Å²) in [4.78, 5) is 26.3. The lowest BCUT2D eigenvalue weighted by molar-refractivity contribution is -0.111. The molecule has 0 aliphatic heterocycles. The van der Waals surface area contributed by atoms with E-state index in [1.54, 1.807) is 18.2 Å². The van der Waals surface area contributed by atoms with Gasteiger partial charge in [0.1, 0.15) is 0 Å². The predicted molar refractivity (Wildman–Crippen MR) is 115 cm³/mol. The van der Waals surface area contributed by atoms with Gasteiger partial charge in [-0.25, -0.2) is 4.79 Å². The number of oxazole rings is 1. The first-order chi connectivity index (χ1) is 14.6. The molecule has 3 aromatic rings. The van der Waals surface area contributed by atoms with Crippen molar-refractivity contribution in [3.05, 3.63) is 64.7 Å². The maximum Gasteiger partial charge on any atom is 0.446 e. The number of thioether (sulfide) groups is 1. The Balaban J connectivity index is 1.68. The van der Waals surface area contributed by atoms with Gasteiger partial charge in [-0.3, -0.25) is 9.36 Å².